The molecule has 0 aliphatic carbocycles. The fourth-order valence-corrected chi connectivity index (χ4v) is 3.52. The maximum Gasteiger partial charge on any atom is 0.243 e. The van der Waals surface area contributed by atoms with E-state index in [1.807, 2.05) is 13.8 Å². The summed E-state index contributed by atoms with van der Waals surface area (Å²) in [6, 6.07) is 4.67. The van der Waals surface area contributed by atoms with Gasteiger partial charge < -0.3 is 10.1 Å². The van der Waals surface area contributed by atoms with Crippen molar-refractivity contribution in [3.63, 3.8) is 0 Å². The van der Waals surface area contributed by atoms with E-state index in [0.717, 1.165) is 22.7 Å². The number of nitrogens with one attached hydrogen (secondary N) is 1. The molecule has 0 saturated heterocycles. The maximum absolute atomic E-state index is 12.5. The number of benzene rings is 1. The predicted molar refractivity (Wildman–Crippen MR) is 90.1 cm³/mol. The van der Waals surface area contributed by atoms with Crippen LogP contribution in [0.15, 0.2) is 23.1 Å². The Morgan fingerprint density at radius 1 is 1.39 bits per heavy atom. The molecular weight excluding hydrogens is 316 g/mol. The summed E-state index contributed by atoms with van der Waals surface area (Å²) in [5.41, 5.74) is 0.725. The second kappa shape index (κ2) is 8.31. The molecule has 1 amide bonds. The van der Waals surface area contributed by atoms with E-state index >= 15 is 0 Å². The van der Waals surface area contributed by atoms with Crippen LogP contribution in [0.2, 0.25) is 0 Å². The summed E-state index contributed by atoms with van der Waals surface area (Å²) in [7, 11) is -0.779. The number of hydrogen-bond acceptors (Lipinski definition) is 4. The predicted octanol–water partition coefficient (Wildman–Crippen LogP) is 1.93. The number of likely N-dealkylation sites (N-methyl/N-ethyl adjacent to an activating group) is 1. The van der Waals surface area contributed by atoms with Crippen LogP contribution in [0, 0.1) is 6.92 Å². The van der Waals surface area contributed by atoms with E-state index in [4.69, 9.17) is 4.74 Å². The summed E-state index contributed by atoms with van der Waals surface area (Å²) in [6.07, 6.45) is 1.82. The number of hydrogen-bond donors (Lipinski definition) is 1. The van der Waals surface area contributed by atoms with Crippen LogP contribution < -0.4 is 10.1 Å². The van der Waals surface area contributed by atoms with E-state index in [0.29, 0.717) is 5.75 Å². The van der Waals surface area contributed by atoms with Gasteiger partial charge in [-0.2, -0.15) is 4.31 Å². The second-order valence-corrected chi connectivity index (χ2v) is 7.69. The first-order valence-corrected chi connectivity index (χ1v) is 9.06. The second-order valence-electron chi connectivity index (χ2n) is 5.65. The molecule has 0 aliphatic rings. The quantitative estimate of drug-likeness (QED) is 0.783. The lowest BCUT2D eigenvalue weighted by atomic mass is 10.2. The average Bonchev–Trinajstić information content (AvgIpc) is 2.46. The Kier molecular flexibility index (Phi) is 7.02. The normalized spacial score (nSPS) is 13.0. The van der Waals surface area contributed by atoms with Gasteiger partial charge in [-0.15, -0.1) is 0 Å². The molecule has 130 valence electrons. The molecule has 1 rings (SSSR count). The average molecular weight is 342 g/mol. The number of carbonyl (C=O) groups excluding carboxylic acids is 1. The molecule has 0 saturated carbocycles. The molecule has 0 aromatic heterocycles. The molecule has 23 heavy (non-hydrogen) atoms. The minimum Gasteiger partial charge on any atom is -0.496 e. The maximum atomic E-state index is 12.5. The lowest BCUT2D eigenvalue weighted by molar-refractivity contribution is -0.121. The molecule has 0 aliphatic heterocycles. The van der Waals surface area contributed by atoms with Crippen LogP contribution in [0.3, 0.4) is 0 Å². The molecule has 0 heterocycles. The number of carbonyl (C=O) groups is 1. The molecule has 1 aromatic rings. The van der Waals surface area contributed by atoms with Gasteiger partial charge in [-0.3, -0.25) is 4.79 Å². The number of methoxy groups -OCH3 is 1. The largest absolute Gasteiger partial charge is 0.496 e. The molecule has 0 fully saturated rings. The van der Waals surface area contributed by atoms with Gasteiger partial charge in [0.05, 0.1) is 18.6 Å². The molecule has 1 N–H and O–H groups in total. The molecular formula is C16H26N2O4S. The number of ether oxygens (including phenoxy) is 1. The van der Waals surface area contributed by atoms with Crippen LogP contribution in [-0.2, 0) is 14.8 Å². The lowest BCUT2D eigenvalue weighted by Gasteiger charge is -2.19. The van der Waals surface area contributed by atoms with Gasteiger partial charge in [-0.25, -0.2) is 8.42 Å². The molecule has 1 atom stereocenters. The van der Waals surface area contributed by atoms with Crippen LogP contribution >= 0.6 is 0 Å². The van der Waals surface area contributed by atoms with Gasteiger partial charge >= 0.3 is 0 Å². The summed E-state index contributed by atoms with van der Waals surface area (Å²) in [4.78, 5) is 12.1. The zero-order valence-corrected chi connectivity index (χ0v) is 15.2. The first-order valence-electron chi connectivity index (χ1n) is 7.62. The summed E-state index contributed by atoms with van der Waals surface area (Å²) >= 11 is 0. The van der Waals surface area contributed by atoms with E-state index in [2.05, 4.69) is 5.32 Å². The number of sulfonamides is 1. The third-order valence-corrected chi connectivity index (χ3v) is 5.37. The van der Waals surface area contributed by atoms with Gasteiger partial charge in [0.15, 0.2) is 0 Å². The van der Waals surface area contributed by atoms with Crippen LogP contribution in [0.5, 0.6) is 5.75 Å². The van der Waals surface area contributed by atoms with Crippen molar-refractivity contribution in [2.24, 2.45) is 0 Å². The van der Waals surface area contributed by atoms with Gasteiger partial charge in [0, 0.05) is 13.1 Å². The lowest BCUT2D eigenvalue weighted by Crippen LogP contribution is -2.41. The van der Waals surface area contributed by atoms with Crippen molar-refractivity contribution in [1.29, 1.82) is 0 Å². The van der Waals surface area contributed by atoms with Crippen molar-refractivity contribution in [3.05, 3.63) is 23.8 Å². The van der Waals surface area contributed by atoms with Gasteiger partial charge in [-0.1, -0.05) is 13.3 Å². The zero-order chi connectivity index (χ0) is 17.6. The van der Waals surface area contributed by atoms with Crippen LogP contribution in [0.1, 0.15) is 32.3 Å². The number of aryl methyl sites for hydroxylation is 1. The molecule has 1 aromatic carbocycles. The van der Waals surface area contributed by atoms with Gasteiger partial charge in [0.2, 0.25) is 15.9 Å². The Morgan fingerprint density at radius 2 is 2.04 bits per heavy atom. The number of rotatable bonds is 8. The highest BCUT2D eigenvalue weighted by atomic mass is 32.2. The third kappa shape index (κ3) is 5.21. The topological polar surface area (TPSA) is 75.7 Å². The van der Waals surface area contributed by atoms with Crippen molar-refractivity contribution >= 4 is 15.9 Å². The van der Waals surface area contributed by atoms with Crippen LogP contribution in [0.25, 0.3) is 0 Å². The molecule has 6 nitrogen and oxygen atoms in total. The molecule has 0 radical (unpaired) electrons. The third-order valence-electron chi connectivity index (χ3n) is 3.57. The van der Waals surface area contributed by atoms with Crippen LogP contribution in [-0.4, -0.2) is 45.4 Å². The van der Waals surface area contributed by atoms with Crippen molar-refractivity contribution < 1.29 is 17.9 Å². The Bertz CT molecular complexity index is 643. The summed E-state index contributed by atoms with van der Waals surface area (Å²) in [5.74, 6) is 0.319. The minimum absolute atomic E-state index is 0.0341. The SMILES string of the molecule is CCC[C@@H](C)NC(=O)CN(C)S(=O)(=O)c1ccc(OC)c(C)c1. The van der Waals surface area contributed by atoms with Gasteiger partial charge in [0.25, 0.3) is 0 Å². The van der Waals surface area contributed by atoms with Crippen molar-refractivity contribution in [3.8, 4) is 5.75 Å². The van der Waals surface area contributed by atoms with E-state index in [9.17, 15) is 13.2 Å². The fraction of sp³-hybridized carbons (Fsp3) is 0.562. The molecule has 0 bridgehead atoms. The summed E-state index contributed by atoms with van der Waals surface area (Å²) in [5, 5.41) is 2.80. The first kappa shape index (κ1) is 19.4. The standard InChI is InChI=1S/C16H26N2O4S/c1-6-7-13(3)17-16(19)11-18(4)23(20,21)14-8-9-15(22-5)12(2)10-14/h8-10,13H,6-7,11H2,1-5H3,(H,17,19)/t13-/m1/s1. The Morgan fingerprint density at radius 3 is 2.57 bits per heavy atom. The zero-order valence-electron chi connectivity index (χ0n) is 14.4. The number of nitrogens with zero attached hydrogens (tertiary/aromatic N) is 1. The van der Waals surface area contributed by atoms with Crippen molar-refractivity contribution in [2.75, 3.05) is 20.7 Å². The van der Waals surface area contributed by atoms with Gasteiger partial charge in [0.1, 0.15) is 5.75 Å². The summed E-state index contributed by atoms with van der Waals surface area (Å²) in [6.45, 7) is 5.51. The van der Waals surface area contributed by atoms with Crippen molar-refractivity contribution in [1.82, 2.24) is 9.62 Å². The smallest absolute Gasteiger partial charge is 0.243 e. The van der Waals surface area contributed by atoms with E-state index in [1.54, 1.807) is 19.1 Å². The molecule has 0 spiro atoms. The minimum atomic E-state index is -3.71. The van der Waals surface area contributed by atoms with Crippen molar-refractivity contribution in [2.45, 2.75) is 44.6 Å². The molecule has 7 heteroatoms. The van der Waals surface area contributed by atoms with Crippen LogP contribution in [0.4, 0.5) is 0 Å². The first-order chi connectivity index (χ1) is 10.7. The highest BCUT2D eigenvalue weighted by Gasteiger charge is 2.24. The summed E-state index contributed by atoms with van der Waals surface area (Å²) < 4.78 is 31.3. The fourth-order valence-electron chi connectivity index (χ4n) is 2.30. The highest BCUT2D eigenvalue weighted by Crippen LogP contribution is 2.23. The van der Waals surface area contributed by atoms with E-state index in [1.165, 1.54) is 20.2 Å². The highest BCUT2D eigenvalue weighted by molar-refractivity contribution is 7.89. The monoisotopic (exact) mass is 342 g/mol. The van der Waals surface area contributed by atoms with E-state index < -0.39 is 10.0 Å². The van der Waals surface area contributed by atoms with E-state index in [-0.39, 0.29) is 23.4 Å². The van der Waals surface area contributed by atoms with Gasteiger partial charge in [-0.05, 0) is 44.0 Å². The number of amides is 1. The Labute approximate surface area is 138 Å². The molecule has 0 unspecified atom stereocenters. The Balaban J connectivity index is 2.83. The Hall–Kier alpha value is -1.60.